The Bertz CT molecular complexity index is 1000. The first-order valence-corrected chi connectivity index (χ1v) is 10.7. The lowest BCUT2D eigenvalue weighted by Crippen LogP contribution is -2.49. The van der Waals surface area contributed by atoms with E-state index in [-0.39, 0.29) is 5.75 Å². The van der Waals surface area contributed by atoms with Gasteiger partial charge in [0.2, 0.25) is 10.0 Å². The molecule has 1 amide bonds. The van der Waals surface area contributed by atoms with Gasteiger partial charge in [-0.15, -0.1) is 0 Å². The number of hydrogen-bond donors (Lipinski definition) is 2. The zero-order valence-electron chi connectivity index (χ0n) is 15.7. The molecule has 2 aromatic carbocycles. The summed E-state index contributed by atoms with van der Waals surface area (Å²) in [6, 6.07) is 13.0. The molecular formula is C20H22FN3O4S. The van der Waals surface area contributed by atoms with Gasteiger partial charge in [0.05, 0.1) is 5.75 Å². The molecule has 0 bridgehead atoms. The first-order chi connectivity index (χ1) is 13.9. The number of carbonyl (C=O) groups is 1. The fraction of sp³-hybridized carbons (Fsp3) is 0.250. The van der Waals surface area contributed by atoms with Crippen molar-refractivity contribution < 1.29 is 22.8 Å². The molecule has 1 aliphatic heterocycles. The van der Waals surface area contributed by atoms with Gasteiger partial charge in [-0.25, -0.2) is 18.3 Å². The molecule has 1 heterocycles. The van der Waals surface area contributed by atoms with Crippen LogP contribution in [0, 0.1) is 5.82 Å². The van der Waals surface area contributed by atoms with Crippen LogP contribution in [0.5, 0.6) is 0 Å². The van der Waals surface area contributed by atoms with E-state index < -0.39 is 21.7 Å². The Hall–Kier alpha value is -2.75. The van der Waals surface area contributed by atoms with Crippen molar-refractivity contribution in [1.29, 1.82) is 0 Å². The molecule has 29 heavy (non-hydrogen) atoms. The SMILES string of the molecule is O=C(/C=C/c1ccccc1N1CCN(S(=O)(=O)Cc2cccc(F)c2)CC1)NO. The zero-order valence-corrected chi connectivity index (χ0v) is 16.5. The van der Waals surface area contributed by atoms with E-state index in [1.807, 2.05) is 29.2 Å². The van der Waals surface area contributed by atoms with Crippen LogP contribution in [0.1, 0.15) is 11.1 Å². The van der Waals surface area contributed by atoms with Crippen LogP contribution in [0.25, 0.3) is 6.08 Å². The minimum Gasteiger partial charge on any atom is -0.368 e. The van der Waals surface area contributed by atoms with Crippen LogP contribution < -0.4 is 10.4 Å². The van der Waals surface area contributed by atoms with E-state index in [9.17, 15) is 17.6 Å². The number of hydroxylamine groups is 1. The topological polar surface area (TPSA) is 90.0 Å². The van der Waals surface area contributed by atoms with Gasteiger partial charge in [-0.3, -0.25) is 10.0 Å². The van der Waals surface area contributed by atoms with Crippen molar-refractivity contribution in [3.8, 4) is 0 Å². The normalized spacial score (nSPS) is 15.6. The van der Waals surface area contributed by atoms with Gasteiger partial charge >= 0.3 is 0 Å². The number of para-hydroxylation sites is 1. The number of hydrogen-bond acceptors (Lipinski definition) is 5. The van der Waals surface area contributed by atoms with Crippen LogP contribution >= 0.6 is 0 Å². The summed E-state index contributed by atoms with van der Waals surface area (Å²) in [6.07, 6.45) is 2.81. The highest BCUT2D eigenvalue weighted by Gasteiger charge is 2.27. The summed E-state index contributed by atoms with van der Waals surface area (Å²) < 4.78 is 40.1. The lowest BCUT2D eigenvalue weighted by Gasteiger charge is -2.36. The summed E-state index contributed by atoms with van der Waals surface area (Å²) in [5.74, 6) is -1.32. The third-order valence-corrected chi connectivity index (χ3v) is 6.52. The van der Waals surface area contributed by atoms with Crippen molar-refractivity contribution in [2.24, 2.45) is 0 Å². The minimum absolute atomic E-state index is 0.236. The standard InChI is InChI=1S/C20H22FN3O4S/c21-18-6-3-4-16(14-18)15-29(27,28)24-12-10-23(11-13-24)19-7-2-1-5-17(19)8-9-20(25)22-26/h1-9,14,26H,10-13,15H2,(H,22,25)/b9-8+. The Balaban J connectivity index is 1.68. The summed E-state index contributed by atoms with van der Waals surface area (Å²) in [6.45, 7) is 1.60. The van der Waals surface area contributed by atoms with Crippen molar-refractivity contribution in [1.82, 2.24) is 9.79 Å². The quantitative estimate of drug-likeness (QED) is 0.425. The zero-order chi connectivity index (χ0) is 20.9. The van der Waals surface area contributed by atoms with Crippen LogP contribution in [-0.2, 0) is 20.6 Å². The molecule has 0 aromatic heterocycles. The van der Waals surface area contributed by atoms with Crippen LogP contribution in [0.2, 0.25) is 0 Å². The lowest BCUT2D eigenvalue weighted by molar-refractivity contribution is -0.124. The Labute approximate surface area is 169 Å². The Morgan fingerprint density at radius 1 is 1.10 bits per heavy atom. The number of piperazine rings is 1. The first kappa shape index (κ1) is 21.0. The molecule has 154 valence electrons. The monoisotopic (exact) mass is 419 g/mol. The molecule has 3 rings (SSSR count). The largest absolute Gasteiger partial charge is 0.368 e. The van der Waals surface area contributed by atoms with Gasteiger partial charge in [-0.05, 0) is 35.4 Å². The molecule has 2 N–H and O–H groups in total. The van der Waals surface area contributed by atoms with Crippen molar-refractivity contribution in [2.75, 3.05) is 31.1 Å². The molecule has 0 aliphatic carbocycles. The Morgan fingerprint density at radius 3 is 2.52 bits per heavy atom. The molecule has 0 atom stereocenters. The van der Waals surface area contributed by atoms with Crippen LogP contribution in [0.4, 0.5) is 10.1 Å². The molecular weight excluding hydrogens is 397 g/mol. The maximum atomic E-state index is 13.3. The van der Waals surface area contributed by atoms with E-state index in [0.29, 0.717) is 31.7 Å². The number of rotatable bonds is 6. The molecule has 0 spiro atoms. The summed E-state index contributed by atoms with van der Waals surface area (Å²) >= 11 is 0. The van der Waals surface area contributed by atoms with Gasteiger partial charge < -0.3 is 4.90 Å². The fourth-order valence-electron chi connectivity index (χ4n) is 3.26. The molecule has 0 radical (unpaired) electrons. The predicted molar refractivity (Wildman–Crippen MR) is 108 cm³/mol. The highest BCUT2D eigenvalue weighted by atomic mass is 32.2. The van der Waals surface area contributed by atoms with E-state index in [1.54, 1.807) is 17.6 Å². The molecule has 7 nitrogen and oxygen atoms in total. The second-order valence-corrected chi connectivity index (χ2v) is 8.61. The number of carbonyl (C=O) groups excluding carboxylic acids is 1. The molecule has 1 aliphatic rings. The van der Waals surface area contributed by atoms with Gasteiger partial charge in [0, 0.05) is 37.9 Å². The first-order valence-electron chi connectivity index (χ1n) is 9.07. The minimum atomic E-state index is -3.55. The number of nitrogens with zero attached hydrogens (tertiary/aromatic N) is 2. The molecule has 1 fully saturated rings. The van der Waals surface area contributed by atoms with Gasteiger partial charge in [-0.1, -0.05) is 30.3 Å². The number of sulfonamides is 1. The second-order valence-electron chi connectivity index (χ2n) is 6.64. The van der Waals surface area contributed by atoms with E-state index >= 15 is 0 Å². The highest BCUT2D eigenvalue weighted by Crippen LogP contribution is 2.24. The number of amides is 1. The second kappa shape index (κ2) is 9.17. The fourth-order valence-corrected chi connectivity index (χ4v) is 4.76. The molecule has 2 aromatic rings. The van der Waals surface area contributed by atoms with Gasteiger partial charge in [0.1, 0.15) is 5.82 Å². The number of anilines is 1. The Morgan fingerprint density at radius 2 is 1.83 bits per heavy atom. The molecule has 0 unspecified atom stereocenters. The van der Waals surface area contributed by atoms with Crippen molar-refractivity contribution in [2.45, 2.75) is 5.75 Å². The highest BCUT2D eigenvalue weighted by molar-refractivity contribution is 7.88. The average molecular weight is 419 g/mol. The smallest absolute Gasteiger partial charge is 0.267 e. The van der Waals surface area contributed by atoms with Crippen molar-refractivity contribution in [3.63, 3.8) is 0 Å². The maximum absolute atomic E-state index is 13.3. The number of halogens is 1. The molecule has 0 saturated carbocycles. The summed E-state index contributed by atoms with van der Waals surface area (Å²) in [7, 11) is -3.55. The summed E-state index contributed by atoms with van der Waals surface area (Å²) in [5, 5.41) is 8.61. The molecule has 9 heteroatoms. The number of benzene rings is 2. The maximum Gasteiger partial charge on any atom is 0.267 e. The van der Waals surface area contributed by atoms with Crippen LogP contribution in [-0.4, -0.2) is 50.0 Å². The third kappa shape index (κ3) is 5.41. The van der Waals surface area contributed by atoms with Gasteiger partial charge in [0.15, 0.2) is 0 Å². The van der Waals surface area contributed by atoms with E-state index in [2.05, 4.69) is 0 Å². The third-order valence-electron chi connectivity index (χ3n) is 4.67. The molecule has 1 saturated heterocycles. The lowest BCUT2D eigenvalue weighted by atomic mass is 10.1. The summed E-state index contributed by atoms with van der Waals surface area (Å²) in [5.41, 5.74) is 3.62. The number of nitrogens with one attached hydrogen (secondary N) is 1. The Kier molecular flexibility index (Phi) is 6.63. The van der Waals surface area contributed by atoms with Crippen LogP contribution in [0.15, 0.2) is 54.6 Å². The summed E-state index contributed by atoms with van der Waals surface area (Å²) in [4.78, 5) is 13.3. The van der Waals surface area contributed by atoms with Gasteiger partial charge in [-0.2, -0.15) is 4.31 Å². The average Bonchev–Trinajstić information content (AvgIpc) is 2.72. The van der Waals surface area contributed by atoms with E-state index in [4.69, 9.17) is 5.21 Å². The van der Waals surface area contributed by atoms with Gasteiger partial charge in [0.25, 0.3) is 5.91 Å². The van der Waals surface area contributed by atoms with E-state index in [1.165, 1.54) is 28.6 Å². The van der Waals surface area contributed by atoms with Crippen LogP contribution in [0.3, 0.4) is 0 Å². The van der Waals surface area contributed by atoms with Crippen molar-refractivity contribution >= 4 is 27.7 Å². The predicted octanol–water partition coefficient (Wildman–Crippen LogP) is 2.00. The van der Waals surface area contributed by atoms with Crippen molar-refractivity contribution in [3.05, 3.63) is 71.6 Å². The van der Waals surface area contributed by atoms with E-state index in [0.717, 1.165) is 11.3 Å².